The minimum atomic E-state index is -0.133. The Labute approximate surface area is 177 Å². The molecule has 0 amide bonds. The molecular weight excluding hydrogens is 357 g/mol. The van der Waals surface area contributed by atoms with Crippen molar-refractivity contribution < 1.29 is 4.39 Å². The highest BCUT2D eigenvalue weighted by Crippen LogP contribution is 2.43. The second-order valence-electron chi connectivity index (χ2n) is 9.54. The quantitative estimate of drug-likeness (QED) is 0.307. The first-order valence-corrected chi connectivity index (χ1v) is 12.0. The maximum absolute atomic E-state index is 13.0. The number of allylic oxidation sites excluding steroid dienone is 2. The summed E-state index contributed by atoms with van der Waals surface area (Å²) in [4.78, 5) is 0. The van der Waals surface area contributed by atoms with Gasteiger partial charge < -0.3 is 0 Å². The summed E-state index contributed by atoms with van der Waals surface area (Å²) in [5, 5.41) is 8.57. The van der Waals surface area contributed by atoms with Gasteiger partial charge in [0, 0.05) is 6.08 Å². The van der Waals surface area contributed by atoms with E-state index >= 15 is 0 Å². The van der Waals surface area contributed by atoms with Crippen LogP contribution in [0.1, 0.15) is 89.0 Å². The standard InChI is InChI=1S/C27H38FN/c28-27-19-13-24(14-20-27)8-4-3-7-23-11-17-26(18-12-23)25-15-9-22(10-16-25)6-2-1-5-21-29/h1,5,13-14,19-20,22-23,25-26H,2-4,6-12,15-18H2. The number of unbranched alkanes of at least 4 members (excludes halogenated alkanes) is 1. The minimum Gasteiger partial charge on any atom is -0.207 e. The monoisotopic (exact) mass is 395 g/mol. The molecule has 0 radical (unpaired) electrons. The Hall–Kier alpha value is -1.62. The molecule has 0 aromatic heterocycles. The molecule has 0 bridgehead atoms. The van der Waals surface area contributed by atoms with E-state index in [9.17, 15) is 4.39 Å². The Morgan fingerprint density at radius 3 is 2.00 bits per heavy atom. The topological polar surface area (TPSA) is 23.8 Å². The van der Waals surface area contributed by atoms with Gasteiger partial charge in [-0.25, -0.2) is 4.39 Å². The van der Waals surface area contributed by atoms with E-state index in [1.54, 1.807) is 18.2 Å². The van der Waals surface area contributed by atoms with Gasteiger partial charge in [-0.05, 0) is 92.7 Å². The van der Waals surface area contributed by atoms with Crippen LogP contribution in [-0.2, 0) is 6.42 Å². The van der Waals surface area contributed by atoms with E-state index < -0.39 is 0 Å². The predicted molar refractivity (Wildman–Crippen MR) is 119 cm³/mol. The van der Waals surface area contributed by atoms with Crippen molar-refractivity contribution in [2.24, 2.45) is 23.7 Å². The zero-order valence-electron chi connectivity index (χ0n) is 18.0. The highest BCUT2D eigenvalue weighted by Gasteiger charge is 2.30. The first-order valence-electron chi connectivity index (χ1n) is 12.0. The molecular formula is C27H38FN. The number of rotatable bonds is 9. The Morgan fingerprint density at radius 1 is 0.828 bits per heavy atom. The maximum Gasteiger partial charge on any atom is 0.123 e. The number of aryl methyl sites for hydroxylation is 1. The molecule has 0 N–H and O–H groups in total. The van der Waals surface area contributed by atoms with E-state index in [1.807, 2.05) is 18.2 Å². The number of nitriles is 1. The van der Waals surface area contributed by atoms with Crippen LogP contribution >= 0.6 is 0 Å². The lowest BCUT2D eigenvalue weighted by Gasteiger charge is -2.38. The largest absolute Gasteiger partial charge is 0.207 e. The molecule has 3 rings (SSSR count). The summed E-state index contributed by atoms with van der Waals surface area (Å²) in [6.07, 6.45) is 22.6. The third-order valence-corrected chi connectivity index (χ3v) is 7.62. The molecule has 29 heavy (non-hydrogen) atoms. The summed E-state index contributed by atoms with van der Waals surface area (Å²) in [6.45, 7) is 0. The summed E-state index contributed by atoms with van der Waals surface area (Å²) in [6, 6.07) is 9.11. The van der Waals surface area contributed by atoms with Crippen LogP contribution in [0.5, 0.6) is 0 Å². The zero-order chi connectivity index (χ0) is 20.3. The fraction of sp³-hybridized carbons (Fsp3) is 0.667. The summed E-state index contributed by atoms with van der Waals surface area (Å²) < 4.78 is 13.0. The minimum absolute atomic E-state index is 0.133. The molecule has 1 nitrogen and oxygen atoms in total. The summed E-state index contributed by atoms with van der Waals surface area (Å²) >= 11 is 0. The average Bonchev–Trinajstić information content (AvgIpc) is 2.76. The molecule has 1 aromatic rings. The number of hydrogen-bond donors (Lipinski definition) is 0. The third kappa shape index (κ3) is 7.61. The van der Waals surface area contributed by atoms with Gasteiger partial charge in [0.25, 0.3) is 0 Å². The Kier molecular flexibility index (Phi) is 9.26. The normalized spacial score (nSPS) is 27.7. The maximum atomic E-state index is 13.0. The molecule has 0 unspecified atom stereocenters. The molecule has 1 aromatic carbocycles. The van der Waals surface area contributed by atoms with Gasteiger partial charge in [-0.3, -0.25) is 0 Å². The van der Waals surface area contributed by atoms with Gasteiger partial charge in [-0.15, -0.1) is 0 Å². The van der Waals surface area contributed by atoms with Crippen LogP contribution in [0.2, 0.25) is 0 Å². The van der Waals surface area contributed by atoms with Gasteiger partial charge in [0.2, 0.25) is 0 Å². The van der Waals surface area contributed by atoms with Crippen LogP contribution in [0.3, 0.4) is 0 Å². The van der Waals surface area contributed by atoms with Crippen LogP contribution in [0.4, 0.5) is 4.39 Å². The molecule has 2 aliphatic rings. The van der Waals surface area contributed by atoms with Crippen LogP contribution in [0.15, 0.2) is 36.4 Å². The van der Waals surface area contributed by atoms with Gasteiger partial charge in [0.05, 0.1) is 6.07 Å². The lowest BCUT2D eigenvalue weighted by Crippen LogP contribution is -2.25. The third-order valence-electron chi connectivity index (χ3n) is 7.62. The molecule has 2 heteroatoms. The summed E-state index contributed by atoms with van der Waals surface area (Å²) in [5.41, 5.74) is 1.27. The number of benzene rings is 1. The predicted octanol–water partition coefficient (Wildman–Crippen LogP) is 8.01. The first-order chi connectivity index (χ1) is 14.2. The van der Waals surface area contributed by atoms with Crippen molar-refractivity contribution in [3.05, 3.63) is 47.8 Å². The van der Waals surface area contributed by atoms with E-state index in [0.717, 1.165) is 36.5 Å². The molecule has 0 spiro atoms. The van der Waals surface area contributed by atoms with E-state index in [1.165, 1.54) is 82.6 Å². The van der Waals surface area contributed by atoms with Crippen LogP contribution in [-0.4, -0.2) is 0 Å². The average molecular weight is 396 g/mol. The smallest absolute Gasteiger partial charge is 0.123 e. The Morgan fingerprint density at radius 2 is 1.41 bits per heavy atom. The van der Waals surface area contributed by atoms with Crippen molar-refractivity contribution >= 4 is 0 Å². The molecule has 0 heterocycles. The molecule has 0 aliphatic heterocycles. The van der Waals surface area contributed by atoms with E-state index in [2.05, 4.69) is 6.07 Å². The summed E-state index contributed by atoms with van der Waals surface area (Å²) in [7, 11) is 0. The van der Waals surface area contributed by atoms with Crippen LogP contribution < -0.4 is 0 Å². The second-order valence-corrected chi connectivity index (χ2v) is 9.54. The number of hydrogen-bond acceptors (Lipinski definition) is 1. The fourth-order valence-electron chi connectivity index (χ4n) is 5.78. The zero-order valence-corrected chi connectivity index (χ0v) is 18.0. The van der Waals surface area contributed by atoms with Crippen LogP contribution in [0.25, 0.3) is 0 Å². The molecule has 2 saturated carbocycles. The Balaban J connectivity index is 1.25. The van der Waals surface area contributed by atoms with E-state index in [4.69, 9.17) is 5.26 Å². The first kappa shape index (κ1) is 22.1. The van der Waals surface area contributed by atoms with Crippen molar-refractivity contribution in [3.63, 3.8) is 0 Å². The highest BCUT2D eigenvalue weighted by atomic mass is 19.1. The number of halogens is 1. The van der Waals surface area contributed by atoms with Crippen molar-refractivity contribution in [2.75, 3.05) is 0 Å². The van der Waals surface area contributed by atoms with Crippen molar-refractivity contribution in [2.45, 2.75) is 89.9 Å². The Bertz CT molecular complexity index is 640. The lowest BCUT2D eigenvalue weighted by atomic mass is 9.68. The molecule has 2 fully saturated rings. The SMILES string of the molecule is N#CC=CCCC1CCC(C2CCC(CCCCc3ccc(F)cc3)CC2)CC1. The van der Waals surface area contributed by atoms with E-state index in [0.29, 0.717) is 0 Å². The highest BCUT2D eigenvalue weighted by molar-refractivity contribution is 5.15. The molecule has 0 saturated heterocycles. The molecule has 2 aliphatic carbocycles. The van der Waals surface area contributed by atoms with Crippen molar-refractivity contribution in [1.82, 2.24) is 0 Å². The van der Waals surface area contributed by atoms with Gasteiger partial charge in [0.15, 0.2) is 0 Å². The van der Waals surface area contributed by atoms with E-state index in [-0.39, 0.29) is 5.82 Å². The van der Waals surface area contributed by atoms with Gasteiger partial charge in [0.1, 0.15) is 5.82 Å². The van der Waals surface area contributed by atoms with Gasteiger partial charge in [-0.1, -0.05) is 56.7 Å². The molecule has 158 valence electrons. The fourth-order valence-corrected chi connectivity index (χ4v) is 5.78. The molecule has 0 atom stereocenters. The number of nitrogens with zero attached hydrogens (tertiary/aromatic N) is 1. The summed E-state index contributed by atoms with van der Waals surface area (Å²) in [5.74, 6) is 3.69. The van der Waals surface area contributed by atoms with Gasteiger partial charge >= 0.3 is 0 Å². The second kappa shape index (κ2) is 12.2. The van der Waals surface area contributed by atoms with Crippen LogP contribution in [0, 0.1) is 40.8 Å². The van der Waals surface area contributed by atoms with Gasteiger partial charge in [-0.2, -0.15) is 5.26 Å². The lowest BCUT2D eigenvalue weighted by molar-refractivity contribution is 0.140. The van der Waals surface area contributed by atoms with Crippen molar-refractivity contribution in [3.8, 4) is 6.07 Å². The van der Waals surface area contributed by atoms with Crippen molar-refractivity contribution in [1.29, 1.82) is 5.26 Å².